The van der Waals surface area contributed by atoms with Gasteiger partial charge in [-0.25, -0.2) is 4.39 Å². The van der Waals surface area contributed by atoms with Crippen LogP contribution in [-0.4, -0.2) is 31.2 Å². The van der Waals surface area contributed by atoms with E-state index in [2.05, 4.69) is 11.3 Å². The minimum absolute atomic E-state index is 0.664. The summed E-state index contributed by atoms with van der Waals surface area (Å²) in [6.07, 6.45) is -4.80. The second-order valence-corrected chi connectivity index (χ2v) is 2.53. The Morgan fingerprint density at radius 2 is 1.53 bits per heavy atom. The Hall–Kier alpha value is -0.790. The molecule has 0 aromatic rings. The molecule has 0 aromatic carbocycles. The molecular formula is C7H7F7O. The molecule has 0 heterocycles. The van der Waals surface area contributed by atoms with E-state index >= 15 is 0 Å². The molecule has 0 saturated carbocycles. The molecule has 15 heavy (non-hydrogen) atoms. The van der Waals surface area contributed by atoms with E-state index in [0.717, 1.165) is 0 Å². The van der Waals surface area contributed by atoms with Crippen molar-refractivity contribution in [1.29, 1.82) is 0 Å². The van der Waals surface area contributed by atoms with Crippen LogP contribution in [0.25, 0.3) is 0 Å². The Morgan fingerprint density at radius 3 is 1.87 bits per heavy atom. The van der Waals surface area contributed by atoms with Crippen LogP contribution in [0, 0.1) is 0 Å². The lowest BCUT2D eigenvalue weighted by Crippen LogP contribution is -2.56. The zero-order valence-electron chi connectivity index (χ0n) is 7.25. The molecule has 0 amide bonds. The highest BCUT2D eigenvalue weighted by molar-refractivity contribution is 4.91. The number of alkyl halides is 7. The van der Waals surface area contributed by atoms with Crippen molar-refractivity contribution < 1.29 is 35.5 Å². The van der Waals surface area contributed by atoms with Gasteiger partial charge in [-0.15, -0.1) is 6.58 Å². The van der Waals surface area contributed by atoms with Gasteiger partial charge in [0.15, 0.2) is 6.67 Å². The standard InChI is InChI=1S/C7H7F7O/c1-2-3-15-7(13,14)6(11,12)5(9,10)4-8/h2H,1,3-4H2. The van der Waals surface area contributed by atoms with Gasteiger partial charge in [0, 0.05) is 0 Å². The third kappa shape index (κ3) is 2.61. The zero-order chi connectivity index (χ0) is 12.3. The van der Waals surface area contributed by atoms with Gasteiger partial charge in [0.2, 0.25) is 0 Å². The maximum Gasteiger partial charge on any atom is 0.426 e. The van der Waals surface area contributed by atoms with Gasteiger partial charge in [0.05, 0.1) is 6.61 Å². The van der Waals surface area contributed by atoms with E-state index in [9.17, 15) is 30.7 Å². The van der Waals surface area contributed by atoms with Gasteiger partial charge in [-0.3, -0.25) is 0 Å². The summed E-state index contributed by atoms with van der Waals surface area (Å²) in [6.45, 7) is -1.11. The van der Waals surface area contributed by atoms with Crippen LogP contribution in [0.2, 0.25) is 0 Å². The topological polar surface area (TPSA) is 9.23 Å². The van der Waals surface area contributed by atoms with E-state index in [4.69, 9.17) is 0 Å². The first-order valence-electron chi connectivity index (χ1n) is 3.56. The number of halogens is 7. The minimum Gasteiger partial charge on any atom is -0.311 e. The van der Waals surface area contributed by atoms with Crippen LogP contribution in [0.15, 0.2) is 12.7 Å². The highest BCUT2D eigenvalue weighted by Crippen LogP contribution is 2.46. The van der Waals surface area contributed by atoms with E-state index in [-0.39, 0.29) is 0 Å². The molecule has 0 saturated heterocycles. The van der Waals surface area contributed by atoms with Crippen molar-refractivity contribution in [3.63, 3.8) is 0 Å². The SMILES string of the molecule is C=CCOC(F)(F)C(F)(F)C(F)(F)CF. The molecule has 0 atom stereocenters. The fourth-order valence-corrected chi connectivity index (χ4v) is 0.551. The van der Waals surface area contributed by atoms with Crippen molar-refractivity contribution >= 4 is 0 Å². The molecule has 0 spiro atoms. The number of rotatable bonds is 6. The van der Waals surface area contributed by atoms with Crippen LogP contribution in [0.4, 0.5) is 30.7 Å². The average Bonchev–Trinajstić information content (AvgIpc) is 2.14. The number of hydrogen-bond donors (Lipinski definition) is 0. The third-order valence-corrected chi connectivity index (χ3v) is 1.38. The number of hydrogen-bond acceptors (Lipinski definition) is 1. The third-order valence-electron chi connectivity index (χ3n) is 1.38. The highest BCUT2D eigenvalue weighted by Gasteiger charge is 2.73. The summed E-state index contributed by atoms with van der Waals surface area (Å²) in [5.41, 5.74) is 0. The van der Waals surface area contributed by atoms with Crippen molar-refractivity contribution in [2.24, 2.45) is 0 Å². The fraction of sp³-hybridized carbons (Fsp3) is 0.714. The molecule has 0 aliphatic carbocycles. The normalized spacial score (nSPS) is 14.1. The Balaban J connectivity index is 4.90. The molecule has 0 N–H and O–H groups in total. The second kappa shape index (κ2) is 4.38. The van der Waals surface area contributed by atoms with Crippen LogP contribution in [-0.2, 0) is 4.74 Å². The summed E-state index contributed by atoms with van der Waals surface area (Å²) < 4.78 is 88.6. The van der Waals surface area contributed by atoms with Gasteiger partial charge in [-0.2, -0.15) is 26.3 Å². The Labute approximate surface area is 80.5 Å². The van der Waals surface area contributed by atoms with Crippen molar-refractivity contribution in [1.82, 2.24) is 0 Å². The second-order valence-electron chi connectivity index (χ2n) is 2.53. The lowest BCUT2D eigenvalue weighted by molar-refractivity contribution is -0.396. The van der Waals surface area contributed by atoms with E-state index < -0.39 is 31.2 Å². The quantitative estimate of drug-likeness (QED) is 0.512. The Kier molecular flexibility index (Phi) is 4.15. The van der Waals surface area contributed by atoms with Gasteiger partial charge in [0.25, 0.3) is 0 Å². The van der Waals surface area contributed by atoms with E-state index in [1.54, 1.807) is 0 Å². The van der Waals surface area contributed by atoms with E-state index in [1.165, 1.54) is 0 Å². The smallest absolute Gasteiger partial charge is 0.311 e. The maximum atomic E-state index is 12.4. The van der Waals surface area contributed by atoms with E-state index in [0.29, 0.717) is 6.08 Å². The van der Waals surface area contributed by atoms with Crippen molar-refractivity contribution in [2.75, 3.05) is 13.3 Å². The predicted molar refractivity (Wildman–Crippen MR) is 37.0 cm³/mol. The molecular weight excluding hydrogens is 233 g/mol. The van der Waals surface area contributed by atoms with Crippen molar-refractivity contribution in [3.05, 3.63) is 12.7 Å². The first-order valence-corrected chi connectivity index (χ1v) is 3.56. The molecule has 0 fully saturated rings. The highest BCUT2D eigenvalue weighted by atomic mass is 19.4. The summed E-state index contributed by atoms with van der Waals surface area (Å²) >= 11 is 0. The van der Waals surface area contributed by atoms with Gasteiger partial charge in [-0.05, 0) is 0 Å². The van der Waals surface area contributed by atoms with Gasteiger partial charge < -0.3 is 4.74 Å². The summed E-state index contributed by atoms with van der Waals surface area (Å²) in [5.74, 6) is -11.4. The van der Waals surface area contributed by atoms with Gasteiger partial charge in [-0.1, -0.05) is 6.08 Å². The largest absolute Gasteiger partial charge is 0.426 e. The molecule has 0 bridgehead atoms. The predicted octanol–water partition coefficient (Wildman–Crippen LogP) is 3.02. The molecule has 90 valence electrons. The fourth-order valence-electron chi connectivity index (χ4n) is 0.551. The molecule has 0 aliphatic rings. The van der Waals surface area contributed by atoms with Crippen molar-refractivity contribution in [2.45, 2.75) is 18.0 Å². The monoisotopic (exact) mass is 240 g/mol. The molecule has 0 aromatic heterocycles. The molecule has 0 aliphatic heterocycles. The molecule has 1 nitrogen and oxygen atoms in total. The lowest BCUT2D eigenvalue weighted by atomic mass is 10.2. The van der Waals surface area contributed by atoms with Crippen LogP contribution >= 0.6 is 0 Å². The molecule has 0 radical (unpaired) electrons. The van der Waals surface area contributed by atoms with Gasteiger partial charge >= 0.3 is 18.0 Å². The summed E-state index contributed by atoms with van der Waals surface area (Å²) in [4.78, 5) is 0. The van der Waals surface area contributed by atoms with Crippen LogP contribution in [0.1, 0.15) is 0 Å². The molecule has 0 unspecified atom stereocenters. The average molecular weight is 240 g/mol. The summed E-state index contributed by atoms with van der Waals surface area (Å²) in [5, 5.41) is 0. The molecule has 8 heteroatoms. The zero-order valence-corrected chi connectivity index (χ0v) is 7.25. The van der Waals surface area contributed by atoms with Crippen LogP contribution in [0.3, 0.4) is 0 Å². The Bertz CT molecular complexity index is 225. The number of ether oxygens (including phenoxy) is 1. The van der Waals surface area contributed by atoms with E-state index in [1.807, 2.05) is 0 Å². The molecule has 0 rings (SSSR count). The van der Waals surface area contributed by atoms with Gasteiger partial charge in [0.1, 0.15) is 0 Å². The maximum absolute atomic E-state index is 12.4. The first kappa shape index (κ1) is 14.2. The summed E-state index contributed by atoms with van der Waals surface area (Å²) in [6, 6.07) is 0. The Morgan fingerprint density at radius 1 is 1.07 bits per heavy atom. The summed E-state index contributed by atoms with van der Waals surface area (Å²) in [7, 11) is 0. The first-order chi connectivity index (χ1) is 6.62. The lowest BCUT2D eigenvalue weighted by Gasteiger charge is -2.30. The van der Waals surface area contributed by atoms with Crippen LogP contribution in [0.5, 0.6) is 0 Å². The van der Waals surface area contributed by atoms with Crippen LogP contribution < -0.4 is 0 Å². The minimum atomic E-state index is -5.92. The van der Waals surface area contributed by atoms with Crippen molar-refractivity contribution in [3.8, 4) is 0 Å².